The van der Waals surface area contributed by atoms with Gasteiger partial charge in [-0.05, 0) is 54.9 Å². The number of hydrogen-bond donors (Lipinski definition) is 2. The van der Waals surface area contributed by atoms with Crippen LogP contribution in [0.5, 0.6) is 5.75 Å². The molecule has 3 rings (SSSR count). The van der Waals surface area contributed by atoms with Crippen LogP contribution in [0.3, 0.4) is 0 Å². The van der Waals surface area contributed by atoms with Crippen LogP contribution in [0.1, 0.15) is 31.2 Å². The molecule has 0 radical (unpaired) electrons. The van der Waals surface area contributed by atoms with E-state index in [9.17, 15) is 9.59 Å². The molecule has 2 N–H and O–H groups in total. The van der Waals surface area contributed by atoms with E-state index in [2.05, 4.69) is 10.6 Å². The first-order chi connectivity index (χ1) is 15.6. The van der Waals surface area contributed by atoms with Crippen molar-refractivity contribution < 1.29 is 23.8 Å². The largest absolute Gasteiger partial charge is 0.491 e. The van der Waals surface area contributed by atoms with E-state index in [4.69, 9.17) is 26.4 Å². The van der Waals surface area contributed by atoms with Gasteiger partial charge < -0.3 is 24.8 Å². The van der Waals surface area contributed by atoms with E-state index in [0.29, 0.717) is 13.0 Å². The van der Waals surface area contributed by atoms with Gasteiger partial charge in [-0.3, -0.25) is 9.59 Å². The second-order valence-electron chi connectivity index (χ2n) is 7.43. The van der Waals surface area contributed by atoms with Crippen molar-refractivity contribution in [3.05, 3.63) is 60.2 Å². The van der Waals surface area contributed by atoms with Gasteiger partial charge in [0.05, 0.1) is 19.1 Å². The maximum absolute atomic E-state index is 12.0. The number of nitrogens with one attached hydrogen (secondary N) is 2. The summed E-state index contributed by atoms with van der Waals surface area (Å²) in [6, 6.07) is 17.0. The Morgan fingerprint density at radius 2 is 1.84 bits per heavy atom. The van der Waals surface area contributed by atoms with Gasteiger partial charge in [-0.1, -0.05) is 30.3 Å². The van der Waals surface area contributed by atoms with E-state index in [1.165, 1.54) is 0 Å². The first kappa shape index (κ1) is 23.7. The Hall–Kier alpha value is -2.97. The Morgan fingerprint density at radius 3 is 2.56 bits per heavy atom. The van der Waals surface area contributed by atoms with E-state index < -0.39 is 5.97 Å². The molecular weight excluding hydrogens is 428 g/mol. The number of carbonyl (C=O) groups is 2. The van der Waals surface area contributed by atoms with E-state index in [-0.39, 0.29) is 36.6 Å². The molecule has 0 unspecified atom stereocenters. The molecule has 32 heavy (non-hydrogen) atoms. The van der Waals surface area contributed by atoms with Crippen molar-refractivity contribution in [2.45, 2.75) is 38.2 Å². The molecule has 2 aromatic rings. The summed E-state index contributed by atoms with van der Waals surface area (Å²) in [7, 11) is 0. The molecule has 1 saturated heterocycles. The molecule has 1 atom stereocenters. The molecule has 8 heteroatoms. The standard InChI is InChI=1S/C24H28N2O5S/c27-22(12-13-23(28)30-16-14-18-5-2-1-3-6-18)26-24(32)25-19-8-10-20(11-9-19)31-17-21-7-4-15-29-21/h1-3,5-6,8-11,21H,4,7,12-17H2,(H2,25,26,27,32)/t21-/m0/s1. The first-order valence-corrected chi connectivity index (χ1v) is 11.1. The van der Waals surface area contributed by atoms with Crippen LogP contribution in [0.25, 0.3) is 0 Å². The highest BCUT2D eigenvalue weighted by molar-refractivity contribution is 7.80. The minimum atomic E-state index is -0.409. The van der Waals surface area contributed by atoms with Gasteiger partial charge in [-0.25, -0.2) is 0 Å². The lowest BCUT2D eigenvalue weighted by Gasteiger charge is -2.13. The fourth-order valence-electron chi connectivity index (χ4n) is 3.17. The summed E-state index contributed by atoms with van der Waals surface area (Å²) in [4.78, 5) is 23.8. The number of rotatable bonds is 10. The molecular formula is C24H28N2O5S. The molecule has 1 aliphatic heterocycles. The third kappa shape index (κ3) is 8.64. The summed E-state index contributed by atoms with van der Waals surface area (Å²) in [5, 5.41) is 5.68. The van der Waals surface area contributed by atoms with Crippen LogP contribution in [0.4, 0.5) is 5.69 Å². The van der Waals surface area contributed by atoms with Crippen molar-refractivity contribution in [3.8, 4) is 5.75 Å². The fraction of sp³-hybridized carbons (Fsp3) is 0.375. The van der Waals surface area contributed by atoms with Gasteiger partial charge in [-0.15, -0.1) is 0 Å². The summed E-state index contributed by atoms with van der Waals surface area (Å²) in [6.45, 7) is 1.63. The van der Waals surface area contributed by atoms with Gasteiger partial charge in [0.15, 0.2) is 5.11 Å². The molecule has 0 bridgehead atoms. The van der Waals surface area contributed by atoms with Gasteiger partial charge in [0.1, 0.15) is 12.4 Å². The quantitative estimate of drug-likeness (QED) is 0.417. The lowest BCUT2D eigenvalue weighted by atomic mass is 10.2. The van der Waals surface area contributed by atoms with Gasteiger partial charge in [-0.2, -0.15) is 0 Å². The van der Waals surface area contributed by atoms with Crippen LogP contribution < -0.4 is 15.4 Å². The lowest BCUT2D eigenvalue weighted by molar-refractivity contribution is -0.144. The topological polar surface area (TPSA) is 85.9 Å². The van der Waals surface area contributed by atoms with Crippen LogP contribution in [0, 0.1) is 0 Å². The minimum Gasteiger partial charge on any atom is -0.491 e. The highest BCUT2D eigenvalue weighted by atomic mass is 32.1. The van der Waals surface area contributed by atoms with Crippen LogP contribution >= 0.6 is 12.2 Å². The van der Waals surface area contributed by atoms with Crippen molar-refractivity contribution >= 4 is 34.9 Å². The second kappa shape index (κ2) is 12.8. The third-order valence-electron chi connectivity index (χ3n) is 4.88. The number of thiocarbonyl (C=S) groups is 1. The highest BCUT2D eigenvalue weighted by Crippen LogP contribution is 2.18. The van der Waals surface area contributed by atoms with E-state index in [1.807, 2.05) is 54.6 Å². The monoisotopic (exact) mass is 456 g/mol. The Labute approximate surface area is 193 Å². The summed E-state index contributed by atoms with van der Waals surface area (Å²) in [6.07, 6.45) is 2.92. The van der Waals surface area contributed by atoms with Gasteiger partial charge >= 0.3 is 5.97 Å². The molecule has 7 nitrogen and oxygen atoms in total. The molecule has 170 valence electrons. The van der Waals surface area contributed by atoms with Crippen LogP contribution in [-0.4, -0.2) is 42.9 Å². The third-order valence-corrected chi connectivity index (χ3v) is 5.08. The van der Waals surface area contributed by atoms with Crippen LogP contribution in [-0.2, 0) is 25.5 Å². The number of hydrogen-bond acceptors (Lipinski definition) is 6. The van der Waals surface area contributed by atoms with Crippen molar-refractivity contribution in [1.29, 1.82) is 0 Å². The number of anilines is 1. The van der Waals surface area contributed by atoms with E-state index in [0.717, 1.165) is 36.4 Å². The molecule has 1 aliphatic rings. The van der Waals surface area contributed by atoms with Crippen molar-refractivity contribution in [1.82, 2.24) is 5.32 Å². The summed E-state index contributed by atoms with van der Waals surface area (Å²) in [5.41, 5.74) is 1.82. The number of benzene rings is 2. The zero-order valence-electron chi connectivity index (χ0n) is 17.9. The maximum Gasteiger partial charge on any atom is 0.306 e. The second-order valence-corrected chi connectivity index (χ2v) is 7.84. The van der Waals surface area contributed by atoms with E-state index in [1.54, 1.807) is 0 Å². The number of amides is 1. The molecule has 1 heterocycles. The molecule has 0 aliphatic carbocycles. The molecule has 2 aromatic carbocycles. The lowest BCUT2D eigenvalue weighted by Crippen LogP contribution is -2.34. The fourth-order valence-corrected chi connectivity index (χ4v) is 3.40. The normalized spacial score (nSPS) is 15.1. The van der Waals surface area contributed by atoms with Crippen LogP contribution in [0.2, 0.25) is 0 Å². The Kier molecular flexibility index (Phi) is 9.46. The first-order valence-electron chi connectivity index (χ1n) is 10.7. The molecule has 1 fully saturated rings. The summed E-state index contributed by atoms with van der Waals surface area (Å²) >= 11 is 5.17. The number of carbonyl (C=O) groups excluding carboxylic acids is 2. The van der Waals surface area contributed by atoms with Crippen molar-refractivity contribution in [2.75, 3.05) is 25.1 Å². The zero-order chi connectivity index (χ0) is 22.6. The highest BCUT2D eigenvalue weighted by Gasteiger charge is 2.16. The Bertz CT molecular complexity index is 883. The zero-order valence-corrected chi connectivity index (χ0v) is 18.7. The molecule has 1 amide bonds. The van der Waals surface area contributed by atoms with Gasteiger partial charge in [0, 0.05) is 25.1 Å². The Balaban J connectivity index is 1.29. The summed E-state index contributed by atoms with van der Waals surface area (Å²) in [5.74, 6) is -0.0145. The molecule has 0 aromatic heterocycles. The Morgan fingerprint density at radius 1 is 1.06 bits per heavy atom. The molecule has 0 saturated carbocycles. The smallest absolute Gasteiger partial charge is 0.306 e. The van der Waals surface area contributed by atoms with E-state index >= 15 is 0 Å². The van der Waals surface area contributed by atoms with Crippen molar-refractivity contribution in [2.24, 2.45) is 0 Å². The van der Waals surface area contributed by atoms with Gasteiger partial charge in [0.25, 0.3) is 0 Å². The minimum absolute atomic E-state index is 0.0000193. The van der Waals surface area contributed by atoms with Crippen LogP contribution in [0.15, 0.2) is 54.6 Å². The number of esters is 1. The van der Waals surface area contributed by atoms with Gasteiger partial charge in [0.2, 0.25) is 5.91 Å². The predicted molar refractivity (Wildman–Crippen MR) is 126 cm³/mol. The average Bonchev–Trinajstić information content (AvgIpc) is 3.32. The van der Waals surface area contributed by atoms with Crippen molar-refractivity contribution in [3.63, 3.8) is 0 Å². The SMILES string of the molecule is O=C(CCC(=O)OCCc1ccccc1)NC(=S)Nc1ccc(OC[C@@H]2CCCO2)cc1. The predicted octanol–water partition coefficient (Wildman–Crippen LogP) is 3.62. The average molecular weight is 457 g/mol. The number of ether oxygens (including phenoxy) is 3. The molecule has 0 spiro atoms. The maximum atomic E-state index is 12.0. The summed E-state index contributed by atoms with van der Waals surface area (Å²) < 4.78 is 16.4.